The average Bonchev–Trinajstić information content (AvgIpc) is 2.94. The van der Waals surface area contributed by atoms with E-state index in [1.165, 1.54) is 11.3 Å². The highest BCUT2D eigenvalue weighted by atomic mass is 35.5. The van der Waals surface area contributed by atoms with Crippen molar-refractivity contribution < 1.29 is 4.79 Å². The fourth-order valence-electron chi connectivity index (χ4n) is 3.06. The second-order valence-electron chi connectivity index (χ2n) is 5.81. The Morgan fingerprint density at radius 2 is 2.22 bits per heavy atom. The van der Waals surface area contributed by atoms with Crippen LogP contribution in [0.25, 0.3) is 0 Å². The zero-order chi connectivity index (χ0) is 15.4. The number of rotatable bonds is 5. The molecule has 1 aromatic heterocycles. The third-order valence-corrected chi connectivity index (χ3v) is 5.25. The van der Waals surface area contributed by atoms with Gasteiger partial charge in [0.1, 0.15) is 5.69 Å². The Kier molecular flexibility index (Phi) is 10.3. The Morgan fingerprint density at radius 1 is 1.52 bits per heavy atom. The van der Waals surface area contributed by atoms with Crippen LogP contribution in [0.5, 0.6) is 0 Å². The molecule has 2 rings (SSSR count). The van der Waals surface area contributed by atoms with Crippen molar-refractivity contribution in [2.24, 2.45) is 11.7 Å². The molecule has 5 nitrogen and oxygen atoms in total. The van der Waals surface area contributed by atoms with Crippen LogP contribution in [-0.2, 0) is 6.42 Å². The van der Waals surface area contributed by atoms with E-state index >= 15 is 0 Å². The highest BCUT2D eigenvalue weighted by Gasteiger charge is 2.31. The van der Waals surface area contributed by atoms with Crippen molar-refractivity contribution in [3.63, 3.8) is 0 Å². The average molecular weight is 383 g/mol. The smallest absolute Gasteiger partial charge is 0.273 e. The van der Waals surface area contributed by atoms with E-state index in [-0.39, 0.29) is 30.7 Å². The van der Waals surface area contributed by atoms with Gasteiger partial charge in [-0.3, -0.25) is 4.79 Å². The van der Waals surface area contributed by atoms with Crippen molar-refractivity contribution >= 4 is 42.1 Å². The fraction of sp³-hybridized carbons (Fsp3) is 0.733. The van der Waals surface area contributed by atoms with Crippen LogP contribution in [0.4, 0.5) is 0 Å². The summed E-state index contributed by atoms with van der Waals surface area (Å²) < 4.78 is 0. The van der Waals surface area contributed by atoms with E-state index < -0.39 is 0 Å². The van der Waals surface area contributed by atoms with Gasteiger partial charge in [-0.1, -0.05) is 13.8 Å². The van der Waals surface area contributed by atoms with Crippen LogP contribution in [0.1, 0.15) is 35.8 Å². The third-order valence-electron chi connectivity index (χ3n) is 4.34. The first-order chi connectivity index (χ1) is 10.1. The van der Waals surface area contributed by atoms with Gasteiger partial charge in [-0.15, -0.1) is 36.2 Å². The van der Waals surface area contributed by atoms with Crippen LogP contribution in [0.3, 0.4) is 0 Å². The molecule has 2 N–H and O–H groups in total. The topological polar surface area (TPSA) is 62.5 Å². The molecule has 1 aromatic rings. The molecule has 2 unspecified atom stereocenters. The van der Waals surface area contributed by atoms with Crippen molar-refractivity contribution in [1.29, 1.82) is 0 Å². The second kappa shape index (κ2) is 10.5. The maximum atomic E-state index is 12.6. The first-order valence-corrected chi connectivity index (χ1v) is 8.58. The summed E-state index contributed by atoms with van der Waals surface area (Å²) in [6.07, 6.45) is 1.78. The number of aromatic nitrogens is 1. The molecule has 1 aliphatic rings. The van der Waals surface area contributed by atoms with Crippen molar-refractivity contribution in [1.82, 2.24) is 14.8 Å². The molecule has 1 fully saturated rings. The minimum Gasteiger partial charge on any atom is -0.337 e. The van der Waals surface area contributed by atoms with Crippen molar-refractivity contribution in [2.75, 3.05) is 33.2 Å². The van der Waals surface area contributed by atoms with Crippen molar-refractivity contribution in [2.45, 2.75) is 32.7 Å². The van der Waals surface area contributed by atoms with Gasteiger partial charge in [0.2, 0.25) is 0 Å². The van der Waals surface area contributed by atoms with Gasteiger partial charge in [0, 0.05) is 38.0 Å². The van der Waals surface area contributed by atoms with Crippen LogP contribution in [-0.4, -0.2) is 60.0 Å². The molecular formula is C15H28Cl2N4OS. The largest absolute Gasteiger partial charge is 0.337 e. The fourth-order valence-corrected chi connectivity index (χ4v) is 3.85. The highest BCUT2D eigenvalue weighted by Crippen LogP contribution is 2.23. The van der Waals surface area contributed by atoms with Crippen molar-refractivity contribution in [3.8, 4) is 0 Å². The quantitative estimate of drug-likeness (QED) is 0.848. The van der Waals surface area contributed by atoms with Gasteiger partial charge in [0.15, 0.2) is 0 Å². The van der Waals surface area contributed by atoms with Gasteiger partial charge < -0.3 is 15.5 Å². The van der Waals surface area contributed by atoms with Crippen LogP contribution in [0.2, 0.25) is 0 Å². The predicted octanol–water partition coefficient (Wildman–Crippen LogP) is 2.29. The minimum atomic E-state index is 0. The van der Waals surface area contributed by atoms with E-state index in [0.29, 0.717) is 24.2 Å². The standard InChI is InChI=1S/C15H26N4OS.2ClH/c1-4-19-8-6-13(11(2)9-19)18(3)15(20)12-10-21-14(17-12)5-7-16;;/h10-11,13H,4-9,16H2,1-3H3;2*1H. The minimum absolute atomic E-state index is 0. The lowest BCUT2D eigenvalue weighted by Crippen LogP contribution is -2.50. The van der Waals surface area contributed by atoms with E-state index in [1.54, 1.807) is 0 Å². The molecule has 1 amide bonds. The highest BCUT2D eigenvalue weighted by molar-refractivity contribution is 7.09. The lowest BCUT2D eigenvalue weighted by molar-refractivity contribution is 0.0516. The number of carbonyl (C=O) groups is 1. The summed E-state index contributed by atoms with van der Waals surface area (Å²) in [6.45, 7) is 8.22. The summed E-state index contributed by atoms with van der Waals surface area (Å²) >= 11 is 1.52. The van der Waals surface area contributed by atoms with Gasteiger partial charge in [-0.25, -0.2) is 4.98 Å². The Bertz CT molecular complexity index is 486. The molecule has 134 valence electrons. The number of carbonyl (C=O) groups excluding carboxylic acids is 1. The number of hydrogen-bond acceptors (Lipinski definition) is 5. The zero-order valence-electron chi connectivity index (χ0n) is 14.0. The van der Waals surface area contributed by atoms with E-state index in [9.17, 15) is 4.79 Å². The van der Waals surface area contributed by atoms with E-state index in [2.05, 4.69) is 23.7 Å². The maximum Gasteiger partial charge on any atom is 0.273 e. The number of hydrogen-bond donors (Lipinski definition) is 1. The molecule has 0 saturated carbocycles. The Morgan fingerprint density at radius 3 is 2.78 bits per heavy atom. The van der Waals surface area contributed by atoms with E-state index in [0.717, 1.165) is 37.5 Å². The van der Waals surface area contributed by atoms with Crippen LogP contribution < -0.4 is 5.73 Å². The van der Waals surface area contributed by atoms with Gasteiger partial charge in [0.25, 0.3) is 5.91 Å². The number of thiazole rings is 1. The first-order valence-electron chi connectivity index (χ1n) is 7.70. The van der Waals surface area contributed by atoms with Gasteiger partial charge in [-0.05, 0) is 25.4 Å². The molecule has 1 aliphatic heterocycles. The predicted molar refractivity (Wildman–Crippen MR) is 101 cm³/mol. The van der Waals surface area contributed by atoms with Crippen LogP contribution >= 0.6 is 36.2 Å². The third kappa shape index (κ3) is 5.57. The summed E-state index contributed by atoms with van der Waals surface area (Å²) in [7, 11) is 1.91. The molecule has 1 saturated heterocycles. The van der Waals surface area contributed by atoms with Crippen molar-refractivity contribution in [3.05, 3.63) is 16.1 Å². The van der Waals surface area contributed by atoms with Gasteiger partial charge in [0.05, 0.1) is 5.01 Å². The maximum absolute atomic E-state index is 12.6. The van der Waals surface area contributed by atoms with Crippen LogP contribution in [0.15, 0.2) is 5.38 Å². The lowest BCUT2D eigenvalue weighted by atomic mass is 9.92. The molecule has 23 heavy (non-hydrogen) atoms. The molecular weight excluding hydrogens is 355 g/mol. The van der Waals surface area contributed by atoms with Crippen LogP contribution in [0, 0.1) is 5.92 Å². The lowest BCUT2D eigenvalue weighted by Gasteiger charge is -2.40. The molecule has 2 heterocycles. The van der Waals surface area contributed by atoms with E-state index in [4.69, 9.17) is 5.73 Å². The van der Waals surface area contributed by atoms with E-state index in [1.807, 2.05) is 17.3 Å². The summed E-state index contributed by atoms with van der Waals surface area (Å²) in [5.41, 5.74) is 6.10. The number of amides is 1. The molecule has 0 aliphatic carbocycles. The zero-order valence-corrected chi connectivity index (χ0v) is 16.5. The molecule has 0 aromatic carbocycles. The van der Waals surface area contributed by atoms with Gasteiger partial charge >= 0.3 is 0 Å². The summed E-state index contributed by atoms with van der Waals surface area (Å²) in [4.78, 5) is 21.3. The van der Waals surface area contributed by atoms with Gasteiger partial charge in [-0.2, -0.15) is 0 Å². The molecule has 0 bridgehead atoms. The second-order valence-corrected chi connectivity index (χ2v) is 6.75. The number of nitrogens with zero attached hydrogens (tertiary/aromatic N) is 3. The number of nitrogens with two attached hydrogens (primary N) is 1. The number of likely N-dealkylation sites (tertiary alicyclic amines) is 1. The first kappa shape index (κ1) is 22.6. The number of halogens is 2. The molecule has 0 spiro atoms. The SMILES string of the molecule is CCN1CCC(N(C)C(=O)c2csc(CCN)n2)C(C)C1.Cl.Cl. The summed E-state index contributed by atoms with van der Waals surface area (Å²) in [5.74, 6) is 0.533. The molecule has 8 heteroatoms. The Hall–Kier alpha value is -0.400. The normalized spacial score (nSPS) is 21.2. The summed E-state index contributed by atoms with van der Waals surface area (Å²) in [6, 6.07) is 0.306. The Labute approximate surface area is 155 Å². The summed E-state index contributed by atoms with van der Waals surface area (Å²) in [5, 5.41) is 2.80. The molecule has 2 atom stereocenters. The molecule has 0 radical (unpaired) electrons. The number of piperidine rings is 1. The Balaban J connectivity index is 0.00000242. The monoisotopic (exact) mass is 382 g/mol.